The number of nitrogens with two attached hydrogens (primary N) is 1. The predicted molar refractivity (Wildman–Crippen MR) is 61.3 cm³/mol. The van der Waals surface area contributed by atoms with Gasteiger partial charge in [0.2, 0.25) is 0 Å². The van der Waals surface area contributed by atoms with Crippen LogP contribution in [0.15, 0.2) is 18.2 Å². The third-order valence-electron chi connectivity index (χ3n) is 2.17. The van der Waals surface area contributed by atoms with Crippen molar-refractivity contribution < 1.29 is 26.3 Å². The van der Waals surface area contributed by atoms with Crippen molar-refractivity contribution in [1.29, 1.82) is 0 Å². The molecule has 1 atom stereocenters. The summed E-state index contributed by atoms with van der Waals surface area (Å²) < 4.78 is 74.2. The van der Waals surface area contributed by atoms with E-state index >= 15 is 0 Å². The summed E-state index contributed by atoms with van der Waals surface area (Å²) >= 11 is 5.40. The molecule has 1 rings (SSSR count). The van der Waals surface area contributed by atoms with Crippen LogP contribution in [0.5, 0.6) is 0 Å². The van der Waals surface area contributed by atoms with E-state index in [0.717, 1.165) is 12.1 Å². The summed E-state index contributed by atoms with van der Waals surface area (Å²) in [5.74, 6) is 0. The molecule has 0 aliphatic rings. The first-order chi connectivity index (χ1) is 8.00. The topological polar surface area (TPSA) is 26.0 Å². The molecule has 1 aromatic rings. The van der Waals surface area contributed by atoms with E-state index in [2.05, 4.69) is 0 Å². The molecule has 0 saturated heterocycles. The third-order valence-corrected chi connectivity index (χ3v) is 2.41. The zero-order chi connectivity index (χ0) is 14.1. The fourth-order valence-electron chi connectivity index (χ4n) is 1.46. The molecular weight excluding hydrogens is 319 g/mol. The van der Waals surface area contributed by atoms with E-state index < -0.39 is 35.9 Å². The summed E-state index contributed by atoms with van der Waals surface area (Å²) in [7, 11) is 0. The lowest BCUT2D eigenvalue weighted by molar-refractivity contribution is -0.144. The standard InChI is InChI=1S/C10H8ClF6N.ClH/c11-5-1-2-6(7(3-5)10(15,16)17)8(18)4-9(12,13)14;/h1-3,8H,4,18H2;1H/t8-;/m1./s1. The minimum Gasteiger partial charge on any atom is -0.324 e. The molecule has 0 aliphatic carbocycles. The van der Waals surface area contributed by atoms with Gasteiger partial charge in [0.15, 0.2) is 0 Å². The summed E-state index contributed by atoms with van der Waals surface area (Å²) in [4.78, 5) is 0. The second-order valence-electron chi connectivity index (χ2n) is 3.66. The average Bonchev–Trinajstić information content (AvgIpc) is 2.13. The van der Waals surface area contributed by atoms with E-state index in [4.69, 9.17) is 17.3 Å². The molecule has 0 aromatic heterocycles. The second kappa shape index (κ2) is 6.19. The quantitative estimate of drug-likeness (QED) is 0.780. The van der Waals surface area contributed by atoms with Gasteiger partial charge in [-0.05, 0) is 17.7 Å². The van der Waals surface area contributed by atoms with Crippen LogP contribution < -0.4 is 5.73 Å². The Bertz CT molecular complexity index is 429. The van der Waals surface area contributed by atoms with E-state index in [9.17, 15) is 26.3 Å². The molecule has 2 N–H and O–H groups in total. The highest BCUT2D eigenvalue weighted by Gasteiger charge is 2.38. The van der Waals surface area contributed by atoms with Crippen LogP contribution in [0.4, 0.5) is 26.3 Å². The fourth-order valence-corrected chi connectivity index (χ4v) is 1.63. The fraction of sp³-hybridized carbons (Fsp3) is 0.400. The number of hydrogen-bond acceptors (Lipinski definition) is 1. The van der Waals surface area contributed by atoms with Crippen molar-refractivity contribution in [3.8, 4) is 0 Å². The monoisotopic (exact) mass is 327 g/mol. The van der Waals surface area contributed by atoms with Gasteiger partial charge in [-0.25, -0.2) is 0 Å². The SMILES string of the molecule is Cl.N[C@H](CC(F)(F)F)c1ccc(Cl)cc1C(F)(F)F. The first kappa shape index (κ1) is 18.3. The first-order valence-electron chi connectivity index (χ1n) is 4.69. The molecule has 0 amide bonds. The van der Waals surface area contributed by atoms with Crippen molar-refractivity contribution in [1.82, 2.24) is 0 Å². The minimum atomic E-state index is -4.80. The van der Waals surface area contributed by atoms with Crippen LogP contribution in [-0.2, 0) is 6.18 Å². The van der Waals surface area contributed by atoms with Gasteiger partial charge >= 0.3 is 12.4 Å². The van der Waals surface area contributed by atoms with Crippen molar-refractivity contribution in [3.05, 3.63) is 34.3 Å². The van der Waals surface area contributed by atoms with Crippen LogP contribution in [0.3, 0.4) is 0 Å². The number of halogens is 8. The van der Waals surface area contributed by atoms with Crippen LogP contribution in [0.1, 0.15) is 23.6 Å². The van der Waals surface area contributed by atoms with Crippen molar-refractivity contribution in [3.63, 3.8) is 0 Å². The van der Waals surface area contributed by atoms with Gasteiger partial charge in [-0.1, -0.05) is 17.7 Å². The summed E-state index contributed by atoms with van der Waals surface area (Å²) in [5, 5.41) is -0.217. The van der Waals surface area contributed by atoms with Crippen molar-refractivity contribution in [2.24, 2.45) is 5.73 Å². The molecule has 9 heteroatoms. The number of alkyl halides is 6. The Morgan fingerprint density at radius 1 is 1.11 bits per heavy atom. The van der Waals surface area contributed by atoms with Crippen LogP contribution >= 0.6 is 24.0 Å². The molecule has 0 bridgehead atoms. The maximum Gasteiger partial charge on any atom is 0.416 e. The molecule has 0 fully saturated rings. The van der Waals surface area contributed by atoms with E-state index in [1.54, 1.807) is 0 Å². The lowest BCUT2D eigenvalue weighted by Crippen LogP contribution is -2.23. The highest BCUT2D eigenvalue weighted by Crippen LogP contribution is 2.38. The summed E-state index contributed by atoms with van der Waals surface area (Å²) in [5.41, 5.74) is 3.30. The molecule has 110 valence electrons. The highest BCUT2D eigenvalue weighted by atomic mass is 35.5. The summed E-state index contributed by atoms with van der Waals surface area (Å²) in [6.45, 7) is 0. The van der Waals surface area contributed by atoms with Crippen LogP contribution in [0.2, 0.25) is 5.02 Å². The molecule has 1 nitrogen and oxygen atoms in total. The Morgan fingerprint density at radius 3 is 2.05 bits per heavy atom. The molecule has 1 aromatic carbocycles. The zero-order valence-electron chi connectivity index (χ0n) is 9.15. The lowest BCUT2D eigenvalue weighted by atomic mass is 9.98. The lowest BCUT2D eigenvalue weighted by Gasteiger charge is -2.19. The van der Waals surface area contributed by atoms with Crippen LogP contribution in [0, 0.1) is 0 Å². The summed E-state index contributed by atoms with van der Waals surface area (Å²) in [6.07, 6.45) is -11.0. The Hall–Kier alpha value is -0.660. The first-order valence-corrected chi connectivity index (χ1v) is 5.07. The molecule has 19 heavy (non-hydrogen) atoms. The number of rotatable bonds is 2. The van der Waals surface area contributed by atoms with Crippen LogP contribution in [0.25, 0.3) is 0 Å². The average molecular weight is 328 g/mol. The third kappa shape index (κ3) is 5.46. The largest absolute Gasteiger partial charge is 0.416 e. The van der Waals surface area contributed by atoms with Crippen molar-refractivity contribution in [2.75, 3.05) is 0 Å². The smallest absolute Gasteiger partial charge is 0.324 e. The molecule has 0 spiro atoms. The normalized spacial score (nSPS) is 13.9. The van der Waals surface area contributed by atoms with E-state index in [1.165, 1.54) is 0 Å². The Kier molecular flexibility index (Phi) is 5.98. The van der Waals surface area contributed by atoms with Gasteiger partial charge in [0.1, 0.15) is 0 Å². The minimum absolute atomic E-state index is 0. The van der Waals surface area contributed by atoms with Gasteiger partial charge in [0.05, 0.1) is 12.0 Å². The van der Waals surface area contributed by atoms with Crippen molar-refractivity contribution >= 4 is 24.0 Å². The van der Waals surface area contributed by atoms with E-state index in [1.807, 2.05) is 0 Å². The van der Waals surface area contributed by atoms with Gasteiger partial charge in [-0.3, -0.25) is 0 Å². The van der Waals surface area contributed by atoms with Gasteiger partial charge < -0.3 is 5.73 Å². The zero-order valence-corrected chi connectivity index (χ0v) is 10.7. The Labute approximate surface area is 116 Å². The Morgan fingerprint density at radius 2 is 1.63 bits per heavy atom. The molecular formula is C10H9Cl2F6N. The molecule has 0 radical (unpaired) electrons. The van der Waals surface area contributed by atoms with Gasteiger partial charge in [-0.15, -0.1) is 12.4 Å². The highest BCUT2D eigenvalue weighted by molar-refractivity contribution is 6.30. The number of hydrogen-bond donors (Lipinski definition) is 1. The maximum atomic E-state index is 12.6. The molecule has 0 saturated carbocycles. The second-order valence-corrected chi connectivity index (χ2v) is 4.09. The molecule has 0 aliphatic heterocycles. The van der Waals surface area contributed by atoms with Gasteiger partial charge in [-0.2, -0.15) is 26.3 Å². The Balaban J connectivity index is 0.00000324. The number of benzene rings is 1. The van der Waals surface area contributed by atoms with Gasteiger partial charge in [0, 0.05) is 11.1 Å². The van der Waals surface area contributed by atoms with E-state index in [0.29, 0.717) is 6.07 Å². The van der Waals surface area contributed by atoms with Crippen LogP contribution in [-0.4, -0.2) is 6.18 Å². The summed E-state index contributed by atoms with van der Waals surface area (Å²) in [6, 6.07) is 0.718. The molecule has 0 unspecified atom stereocenters. The molecule has 0 heterocycles. The van der Waals surface area contributed by atoms with E-state index in [-0.39, 0.29) is 17.4 Å². The van der Waals surface area contributed by atoms with Gasteiger partial charge in [0.25, 0.3) is 0 Å². The predicted octanol–water partition coefficient (Wildman–Crippen LogP) is 4.73. The maximum absolute atomic E-state index is 12.6. The van der Waals surface area contributed by atoms with Crippen molar-refractivity contribution in [2.45, 2.75) is 24.8 Å².